The second-order valence-electron chi connectivity index (χ2n) is 8.09. The van der Waals surface area contributed by atoms with E-state index in [9.17, 15) is 9.90 Å². The number of carbonyl (C=O) groups excluding carboxylic acids is 1. The number of amides is 1. The minimum absolute atomic E-state index is 0.0477. The Hall–Kier alpha value is -2.57. The van der Waals surface area contributed by atoms with Crippen LogP contribution in [0.3, 0.4) is 0 Å². The number of aryl methyl sites for hydroxylation is 2. The van der Waals surface area contributed by atoms with E-state index >= 15 is 0 Å². The average Bonchev–Trinajstić information content (AvgIpc) is 3.21. The van der Waals surface area contributed by atoms with Gasteiger partial charge in [-0.2, -0.15) is 0 Å². The van der Waals surface area contributed by atoms with Crippen LogP contribution in [0.15, 0.2) is 36.4 Å². The van der Waals surface area contributed by atoms with E-state index < -0.39 is 0 Å². The third-order valence-corrected chi connectivity index (χ3v) is 6.13. The largest absolute Gasteiger partial charge is 0.508 e. The van der Waals surface area contributed by atoms with Crippen LogP contribution in [0, 0.1) is 19.8 Å². The van der Waals surface area contributed by atoms with Crippen LogP contribution in [0.25, 0.3) is 0 Å². The first-order valence-electron chi connectivity index (χ1n) is 10.2. The Morgan fingerprint density at radius 2 is 1.90 bits per heavy atom. The number of hydrogen-bond donors (Lipinski definition) is 3. The minimum Gasteiger partial charge on any atom is -0.508 e. The molecule has 0 bridgehead atoms. The van der Waals surface area contributed by atoms with E-state index in [0.29, 0.717) is 6.54 Å². The van der Waals surface area contributed by atoms with Gasteiger partial charge in [-0.15, -0.1) is 0 Å². The fourth-order valence-electron chi connectivity index (χ4n) is 5.02. The monoisotopic (exact) mass is 395 g/mol. The van der Waals surface area contributed by atoms with Gasteiger partial charge < -0.3 is 14.7 Å². The zero-order chi connectivity index (χ0) is 20.7. The van der Waals surface area contributed by atoms with Crippen molar-refractivity contribution in [3.05, 3.63) is 58.7 Å². The van der Waals surface area contributed by atoms with Crippen molar-refractivity contribution in [2.24, 2.45) is 5.92 Å². The predicted octanol–water partition coefficient (Wildman–Crippen LogP) is 3.14. The van der Waals surface area contributed by atoms with Crippen molar-refractivity contribution in [1.82, 2.24) is 15.8 Å². The molecule has 0 saturated carbocycles. The summed E-state index contributed by atoms with van der Waals surface area (Å²) in [7, 11) is 1.65. The third kappa shape index (κ3) is 3.26. The Kier molecular flexibility index (Phi) is 5.23. The maximum atomic E-state index is 13.2. The molecule has 4 atom stereocenters. The number of methoxy groups -OCH3 is 1. The zero-order valence-corrected chi connectivity index (χ0v) is 17.4. The molecule has 2 aromatic carbocycles. The number of hydrogen-bond acceptors (Lipinski definition) is 5. The van der Waals surface area contributed by atoms with Crippen molar-refractivity contribution in [2.45, 2.75) is 45.3 Å². The van der Waals surface area contributed by atoms with Gasteiger partial charge in [0.2, 0.25) is 5.91 Å². The summed E-state index contributed by atoms with van der Waals surface area (Å²) in [4.78, 5) is 15.2. The lowest BCUT2D eigenvalue weighted by Gasteiger charge is -2.32. The molecule has 4 rings (SSSR count). The number of rotatable bonds is 5. The lowest BCUT2D eigenvalue weighted by atomic mass is 9.81. The Bertz CT molecular complexity index is 906. The Balaban J connectivity index is 1.82. The minimum atomic E-state index is -0.331. The standard InChI is InChI=1S/C23H29N3O3/c1-5-9-26-22(15-7-6-8-16(12-15)29-4)19-20(24-25-21(19)23(26)28)18-14(3)10-13(2)11-17(18)27/h6-8,10-12,19-22,24-25,27H,5,9H2,1-4H3. The topological polar surface area (TPSA) is 73.8 Å². The molecule has 3 N–H and O–H groups in total. The van der Waals surface area contributed by atoms with Crippen LogP contribution in [0.5, 0.6) is 11.5 Å². The van der Waals surface area contributed by atoms with E-state index in [2.05, 4.69) is 29.9 Å². The van der Waals surface area contributed by atoms with Crippen molar-refractivity contribution >= 4 is 5.91 Å². The molecule has 2 aromatic rings. The molecule has 6 nitrogen and oxygen atoms in total. The number of likely N-dealkylation sites (tertiary alicyclic amines) is 1. The van der Waals surface area contributed by atoms with E-state index in [1.807, 2.05) is 36.9 Å². The summed E-state index contributed by atoms with van der Waals surface area (Å²) < 4.78 is 5.44. The smallest absolute Gasteiger partial charge is 0.242 e. The second kappa shape index (κ2) is 7.69. The Labute approximate surface area is 171 Å². The number of phenolic OH excluding ortho intramolecular Hbond substituents is 1. The first-order chi connectivity index (χ1) is 14.0. The fraction of sp³-hybridized carbons (Fsp3) is 0.435. The number of aromatic hydroxyl groups is 1. The predicted molar refractivity (Wildman–Crippen MR) is 112 cm³/mol. The molecule has 154 valence electrons. The fourth-order valence-corrected chi connectivity index (χ4v) is 5.02. The maximum Gasteiger partial charge on any atom is 0.242 e. The van der Waals surface area contributed by atoms with Crippen molar-refractivity contribution in [3.8, 4) is 11.5 Å². The number of hydrazine groups is 1. The van der Waals surface area contributed by atoms with Crippen molar-refractivity contribution in [3.63, 3.8) is 0 Å². The molecule has 6 heteroatoms. The van der Waals surface area contributed by atoms with Gasteiger partial charge in [-0.05, 0) is 55.2 Å². The third-order valence-electron chi connectivity index (χ3n) is 6.13. The van der Waals surface area contributed by atoms with Crippen molar-refractivity contribution in [1.29, 1.82) is 0 Å². The van der Waals surface area contributed by atoms with E-state index in [1.54, 1.807) is 13.2 Å². The van der Waals surface area contributed by atoms with Gasteiger partial charge in [-0.1, -0.05) is 25.1 Å². The molecule has 0 aliphatic carbocycles. The van der Waals surface area contributed by atoms with Gasteiger partial charge in [0.1, 0.15) is 17.5 Å². The van der Waals surface area contributed by atoms with Crippen LogP contribution >= 0.6 is 0 Å². The molecule has 2 saturated heterocycles. The van der Waals surface area contributed by atoms with Gasteiger partial charge in [-0.25, -0.2) is 10.9 Å². The van der Waals surface area contributed by atoms with E-state index in [-0.39, 0.29) is 35.7 Å². The lowest BCUT2D eigenvalue weighted by molar-refractivity contribution is -0.130. The summed E-state index contributed by atoms with van der Waals surface area (Å²) in [6, 6.07) is 11.2. The number of benzene rings is 2. The molecule has 0 aromatic heterocycles. The van der Waals surface area contributed by atoms with Crippen LogP contribution in [0.2, 0.25) is 0 Å². The highest BCUT2D eigenvalue weighted by atomic mass is 16.5. The molecular formula is C23H29N3O3. The SMILES string of the molecule is CCCN1C(=O)C2NNC(c3c(C)cc(C)cc3O)C2C1c1cccc(OC)c1. The summed E-state index contributed by atoms with van der Waals surface area (Å²) in [5, 5.41) is 10.7. The number of ether oxygens (including phenoxy) is 1. The van der Waals surface area contributed by atoms with E-state index in [1.165, 1.54) is 0 Å². The number of phenols is 1. The van der Waals surface area contributed by atoms with Crippen molar-refractivity contribution < 1.29 is 14.6 Å². The molecule has 2 aliphatic rings. The summed E-state index contributed by atoms with van der Waals surface area (Å²) >= 11 is 0. The maximum absolute atomic E-state index is 13.2. The Morgan fingerprint density at radius 1 is 1.14 bits per heavy atom. The molecule has 29 heavy (non-hydrogen) atoms. The lowest BCUT2D eigenvalue weighted by Crippen LogP contribution is -2.41. The van der Waals surface area contributed by atoms with Crippen LogP contribution in [0.4, 0.5) is 0 Å². The number of nitrogens with zero attached hydrogens (tertiary/aromatic N) is 1. The number of nitrogens with one attached hydrogen (secondary N) is 2. The molecule has 2 heterocycles. The van der Waals surface area contributed by atoms with Gasteiger partial charge >= 0.3 is 0 Å². The normalized spacial score (nSPS) is 26.1. The first kappa shape index (κ1) is 19.7. The quantitative estimate of drug-likeness (QED) is 0.725. The van der Waals surface area contributed by atoms with Crippen LogP contribution in [-0.2, 0) is 4.79 Å². The number of carbonyl (C=O) groups is 1. The first-order valence-corrected chi connectivity index (χ1v) is 10.2. The van der Waals surface area contributed by atoms with Gasteiger partial charge in [0, 0.05) is 18.0 Å². The van der Waals surface area contributed by atoms with Crippen LogP contribution in [-0.4, -0.2) is 35.6 Å². The molecule has 1 amide bonds. The zero-order valence-electron chi connectivity index (χ0n) is 17.4. The van der Waals surface area contributed by atoms with Crippen molar-refractivity contribution in [2.75, 3.05) is 13.7 Å². The summed E-state index contributed by atoms with van der Waals surface area (Å²) in [5.41, 5.74) is 10.5. The molecule has 0 spiro atoms. The van der Waals surface area contributed by atoms with E-state index in [0.717, 1.165) is 34.4 Å². The van der Waals surface area contributed by atoms with Gasteiger partial charge in [0.25, 0.3) is 0 Å². The Morgan fingerprint density at radius 3 is 2.59 bits per heavy atom. The van der Waals surface area contributed by atoms with Crippen LogP contribution < -0.4 is 15.6 Å². The summed E-state index contributed by atoms with van der Waals surface area (Å²) in [6.07, 6.45) is 0.887. The summed E-state index contributed by atoms with van der Waals surface area (Å²) in [6.45, 7) is 6.77. The second-order valence-corrected chi connectivity index (χ2v) is 8.09. The van der Waals surface area contributed by atoms with E-state index in [4.69, 9.17) is 4.74 Å². The molecule has 4 unspecified atom stereocenters. The molecule has 0 radical (unpaired) electrons. The molecular weight excluding hydrogens is 366 g/mol. The van der Waals surface area contributed by atoms with Gasteiger partial charge in [-0.3, -0.25) is 4.79 Å². The highest BCUT2D eigenvalue weighted by molar-refractivity contribution is 5.86. The number of fused-ring (bicyclic) bond motifs is 1. The van der Waals surface area contributed by atoms with Crippen LogP contribution in [0.1, 0.15) is 47.7 Å². The van der Waals surface area contributed by atoms with Gasteiger partial charge in [0.15, 0.2) is 0 Å². The molecule has 2 aliphatic heterocycles. The summed E-state index contributed by atoms with van der Waals surface area (Å²) in [5.74, 6) is 1.10. The highest BCUT2D eigenvalue weighted by Gasteiger charge is 2.55. The van der Waals surface area contributed by atoms with Gasteiger partial charge in [0.05, 0.1) is 19.2 Å². The highest BCUT2D eigenvalue weighted by Crippen LogP contribution is 2.49. The average molecular weight is 396 g/mol. The molecule has 2 fully saturated rings.